The molecule has 0 aliphatic heterocycles. The zero-order chi connectivity index (χ0) is 15.6. The average molecular weight is 304 g/mol. The fraction of sp³-hybridized carbons (Fsp3) is 0.929. The van der Waals surface area contributed by atoms with Crippen molar-refractivity contribution < 1.29 is 13.2 Å². The van der Waals surface area contributed by atoms with Gasteiger partial charge in [0, 0.05) is 18.8 Å². The molecule has 1 aliphatic carbocycles. The Kier molecular flexibility index (Phi) is 5.61. The number of hydrogen-bond donors (Lipinski definition) is 1. The Morgan fingerprint density at radius 1 is 1.30 bits per heavy atom. The lowest BCUT2D eigenvalue weighted by atomic mass is 9.83. The fourth-order valence-corrected chi connectivity index (χ4v) is 3.34. The molecule has 0 aromatic carbocycles. The van der Waals surface area contributed by atoms with Crippen LogP contribution in [0.5, 0.6) is 0 Å². The second-order valence-electron chi connectivity index (χ2n) is 6.22. The van der Waals surface area contributed by atoms with Gasteiger partial charge in [-0.05, 0) is 46.1 Å². The molecular formula is C14H28N2O3S. The number of amides is 1. The molecule has 0 spiro atoms. The van der Waals surface area contributed by atoms with Crippen molar-refractivity contribution in [3.05, 3.63) is 0 Å². The van der Waals surface area contributed by atoms with E-state index in [1.54, 1.807) is 4.90 Å². The van der Waals surface area contributed by atoms with Crippen molar-refractivity contribution in [1.82, 2.24) is 4.90 Å². The van der Waals surface area contributed by atoms with Gasteiger partial charge in [-0.1, -0.05) is 12.8 Å². The highest BCUT2D eigenvalue weighted by Gasteiger charge is 2.44. The molecule has 1 aliphatic rings. The minimum atomic E-state index is -3.44. The number of nitrogens with zero attached hydrogens (tertiary/aromatic N) is 1. The standard InChI is InChI=1S/C14H28N2O3S/c1-5-16(12-9-7-6-8-11(12)10-15)13(17)14(2,3)20(4,18)19/h11-12H,5-10,15H2,1-4H3. The molecule has 20 heavy (non-hydrogen) atoms. The maximum absolute atomic E-state index is 12.7. The van der Waals surface area contributed by atoms with Crippen LogP contribution in [0.25, 0.3) is 0 Å². The van der Waals surface area contributed by atoms with Crippen LogP contribution < -0.4 is 5.73 Å². The maximum atomic E-state index is 12.7. The third-order valence-electron chi connectivity index (χ3n) is 4.62. The summed E-state index contributed by atoms with van der Waals surface area (Å²) in [7, 11) is -3.44. The number of rotatable bonds is 5. The normalized spacial score (nSPS) is 24.4. The molecule has 6 heteroatoms. The molecule has 0 saturated heterocycles. The van der Waals surface area contributed by atoms with Gasteiger partial charge < -0.3 is 10.6 Å². The lowest BCUT2D eigenvalue weighted by Gasteiger charge is -2.42. The summed E-state index contributed by atoms with van der Waals surface area (Å²) in [5.41, 5.74) is 5.82. The average Bonchev–Trinajstić information content (AvgIpc) is 2.38. The smallest absolute Gasteiger partial charge is 0.243 e. The molecule has 0 aromatic heterocycles. The van der Waals surface area contributed by atoms with Gasteiger partial charge in [-0.3, -0.25) is 4.79 Å². The second kappa shape index (κ2) is 6.43. The molecule has 1 saturated carbocycles. The lowest BCUT2D eigenvalue weighted by Crippen LogP contribution is -2.56. The van der Waals surface area contributed by atoms with Gasteiger partial charge in [0.25, 0.3) is 0 Å². The first-order valence-corrected chi connectivity index (χ1v) is 9.26. The number of carbonyl (C=O) groups is 1. The Bertz CT molecular complexity index is 445. The van der Waals surface area contributed by atoms with E-state index in [9.17, 15) is 13.2 Å². The van der Waals surface area contributed by atoms with E-state index in [0.717, 1.165) is 31.9 Å². The number of nitrogens with two attached hydrogens (primary N) is 1. The summed E-state index contributed by atoms with van der Waals surface area (Å²) >= 11 is 0. The Balaban J connectivity index is 3.03. The first kappa shape index (κ1) is 17.4. The SMILES string of the molecule is CCN(C(=O)C(C)(C)S(C)(=O)=O)C1CCCCC1CN. The van der Waals surface area contributed by atoms with Crippen molar-refractivity contribution >= 4 is 15.7 Å². The highest BCUT2D eigenvalue weighted by atomic mass is 32.2. The van der Waals surface area contributed by atoms with E-state index >= 15 is 0 Å². The number of hydrogen-bond acceptors (Lipinski definition) is 4. The zero-order valence-electron chi connectivity index (χ0n) is 13.1. The summed E-state index contributed by atoms with van der Waals surface area (Å²) in [6.45, 7) is 5.96. The van der Waals surface area contributed by atoms with Crippen LogP contribution in [0.3, 0.4) is 0 Å². The highest BCUT2D eigenvalue weighted by molar-refractivity contribution is 7.92. The summed E-state index contributed by atoms with van der Waals surface area (Å²) < 4.78 is 22.4. The summed E-state index contributed by atoms with van der Waals surface area (Å²) in [4.78, 5) is 14.4. The molecule has 5 nitrogen and oxygen atoms in total. The Morgan fingerprint density at radius 3 is 2.30 bits per heavy atom. The van der Waals surface area contributed by atoms with E-state index < -0.39 is 14.6 Å². The van der Waals surface area contributed by atoms with Crippen LogP contribution in [0.2, 0.25) is 0 Å². The van der Waals surface area contributed by atoms with E-state index in [2.05, 4.69) is 0 Å². The molecule has 0 bridgehead atoms. The minimum absolute atomic E-state index is 0.0762. The van der Waals surface area contributed by atoms with Crippen LogP contribution >= 0.6 is 0 Å². The molecule has 2 atom stereocenters. The van der Waals surface area contributed by atoms with Crippen LogP contribution in [0.4, 0.5) is 0 Å². The minimum Gasteiger partial charge on any atom is -0.338 e. The number of sulfone groups is 1. The van der Waals surface area contributed by atoms with Crippen molar-refractivity contribution in [2.45, 2.75) is 57.2 Å². The molecule has 2 unspecified atom stereocenters. The first-order valence-electron chi connectivity index (χ1n) is 7.37. The van der Waals surface area contributed by atoms with Crippen LogP contribution in [-0.2, 0) is 14.6 Å². The van der Waals surface area contributed by atoms with E-state index in [-0.39, 0.29) is 17.9 Å². The van der Waals surface area contributed by atoms with Gasteiger partial charge >= 0.3 is 0 Å². The van der Waals surface area contributed by atoms with Gasteiger partial charge in [0.1, 0.15) is 4.75 Å². The van der Waals surface area contributed by atoms with Crippen LogP contribution in [-0.4, -0.2) is 49.4 Å². The zero-order valence-corrected chi connectivity index (χ0v) is 13.9. The monoisotopic (exact) mass is 304 g/mol. The van der Waals surface area contributed by atoms with E-state index in [4.69, 9.17) is 5.73 Å². The number of carbonyl (C=O) groups excluding carboxylic acids is 1. The van der Waals surface area contributed by atoms with Crippen molar-refractivity contribution in [2.24, 2.45) is 11.7 Å². The summed E-state index contributed by atoms with van der Waals surface area (Å²) in [6, 6.07) is 0.0762. The maximum Gasteiger partial charge on any atom is 0.243 e. The topological polar surface area (TPSA) is 80.5 Å². The van der Waals surface area contributed by atoms with Crippen molar-refractivity contribution in [3.63, 3.8) is 0 Å². The second-order valence-corrected chi connectivity index (χ2v) is 8.79. The van der Waals surface area contributed by atoms with Gasteiger partial charge in [0.05, 0.1) is 0 Å². The predicted octanol–water partition coefficient (Wildman–Crippen LogP) is 1.18. The molecular weight excluding hydrogens is 276 g/mol. The van der Waals surface area contributed by atoms with Crippen LogP contribution in [0, 0.1) is 5.92 Å². The molecule has 1 amide bonds. The Hall–Kier alpha value is -0.620. The Morgan fingerprint density at radius 2 is 1.85 bits per heavy atom. The molecule has 1 rings (SSSR count). The molecule has 1 fully saturated rings. The summed E-state index contributed by atoms with van der Waals surface area (Å²) in [6.07, 6.45) is 5.27. The third kappa shape index (κ3) is 3.34. The van der Waals surface area contributed by atoms with Gasteiger partial charge in [-0.25, -0.2) is 8.42 Å². The largest absolute Gasteiger partial charge is 0.338 e. The van der Waals surface area contributed by atoms with E-state index in [1.165, 1.54) is 13.8 Å². The fourth-order valence-electron chi connectivity index (χ4n) is 2.91. The van der Waals surface area contributed by atoms with Crippen molar-refractivity contribution in [3.8, 4) is 0 Å². The summed E-state index contributed by atoms with van der Waals surface area (Å²) in [5.74, 6) is -0.0177. The molecule has 0 radical (unpaired) electrons. The van der Waals surface area contributed by atoms with E-state index in [1.807, 2.05) is 6.92 Å². The molecule has 118 valence electrons. The third-order valence-corrected chi connectivity index (χ3v) is 6.64. The Labute approximate surface area is 122 Å². The predicted molar refractivity (Wildman–Crippen MR) is 81.1 cm³/mol. The van der Waals surface area contributed by atoms with Gasteiger partial charge in [-0.15, -0.1) is 0 Å². The molecule has 2 N–H and O–H groups in total. The van der Waals surface area contributed by atoms with Crippen molar-refractivity contribution in [1.29, 1.82) is 0 Å². The lowest BCUT2D eigenvalue weighted by molar-refractivity contribution is -0.137. The van der Waals surface area contributed by atoms with Gasteiger partial charge in [0.15, 0.2) is 9.84 Å². The summed E-state index contributed by atoms with van der Waals surface area (Å²) in [5, 5.41) is 0. The molecule has 0 heterocycles. The van der Waals surface area contributed by atoms with Gasteiger partial charge in [0.2, 0.25) is 5.91 Å². The highest BCUT2D eigenvalue weighted by Crippen LogP contribution is 2.30. The van der Waals surface area contributed by atoms with Gasteiger partial charge in [-0.2, -0.15) is 0 Å². The van der Waals surface area contributed by atoms with Crippen molar-refractivity contribution in [2.75, 3.05) is 19.3 Å². The first-order chi connectivity index (χ1) is 9.16. The van der Waals surface area contributed by atoms with Crippen LogP contribution in [0.1, 0.15) is 46.5 Å². The molecule has 0 aromatic rings. The quantitative estimate of drug-likeness (QED) is 0.827. The van der Waals surface area contributed by atoms with E-state index in [0.29, 0.717) is 13.1 Å². The van der Waals surface area contributed by atoms with Crippen LogP contribution in [0.15, 0.2) is 0 Å².